The molecule has 0 aliphatic heterocycles. The van der Waals surface area contributed by atoms with Crippen LogP contribution in [-0.2, 0) is 10.1 Å². The molecule has 1 unspecified atom stereocenters. The predicted octanol–water partition coefficient (Wildman–Crippen LogP) is 1.99. The fourth-order valence-corrected chi connectivity index (χ4v) is 1.80. The molecule has 1 aromatic carbocycles. The molecule has 0 radical (unpaired) electrons. The van der Waals surface area contributed by atoms with Gasteiger partial charge in [0.15, 0.2) is 5.78 Å². The number of halogens is 1. The second-order valence-electron chi connectivity index (χ2n) is 3.29. The van der Waals surface area contributed by atoms with E-state index in [1.54, 1.807) is 6.92 Å². The van der Waals surface area contributed by atoms with Gasteiger partial charge in [-0.15, -0.1) is 0 Å². The van der Waals surface area contributed by atoms with Crippen LogP contribution in [0.15, 0.2) is 24.3 Å². The summed E-state index contributed by atoms with van der Waals surface area (Å²) in [6.07, 6.45) is 0.965. The molecule has 0 spiro atoms. The highest BCUT2D eigenvalue weighted by molar-refractivity contribution is 9.10. The third-order valence-electron chi connectivity index (χ3n) is 1.75. The molecular weight excluding hydrogens is 296 g/mol. The molecule has 0 N–H and O–H groups in total. The Bertz CT molecular complexity index is 476. The van der Waals surface area contributed by atoms with Crippen molar-refractivity contribution in [1.82, 2.24) is 0 Å². The molecule has 1 atom stereocenters. The standard InChI is InChI=1S/C10H11BrO4S/c1-7(11)10(12)8-3-5-9(6-4-8)15-16(2,13)14/h3-7H,1-2H3. The Morgan fingerprint density at radius 1 is 1.31 bits per heavy atom. The molecular formula is C10H11BrO4S. The van der Waals surface area contributed by atoms with Crippen molar-refractivity contribution in [2.75, 3.05) is 6.26 Å². The Labute approximate surface area is 103 Å². The zero-order valence-electron chi connectivity index (χ0n) is 8.81. The number of benzene rings is 1. The third-order valence-corrected chi connectivity index (χ3v) is 2.66. The van der Waals surface area contributed by atoms with Gasteiger partial charge in [-0.25, -0.2) is 0 Å². The maximum atomic E-state index is 11.5. The average Bonchev–Trinajstić information content (AvgIpc) is 2.15. The molecule has 88 valence electrons. The normalized spacial score (nSPS) is 13.2. The molecule has 0 aliphatic carbocycles. The van der Waals surface area contributed by atoms with Gasteiger partial charge in [-0.2, -0.15) is 8.42 Å². The van der Waals surface area contributed by atoms with Crippen LogP contribution in [0.25, 0.3) is 0 Å². The Morgan fingerprint density at radius 3 is 2.19 bits per heavy atom. The van der Waals surface area contributed by atoms with Crippen LogP contribution in [0.5, 0.6) is 5.75 Å². The number of Topliss-reactive ketones (excluding diaryl/α,β-unsaturated/α-hetero) is 1. The van der Waals surface area contributed by atoms with Crippen LogP contribution in [0.4, 0.5) is 0 Å². The Balaban J connectivity index is 2.88. The molecule has 0 aliphatic rings. The molecule has 16 heavy (non-hydrogen) atoms. The Hall–Kier alpha value is -0.880. The van der Waals surface area contributed by atoms with E-state index in [-0.39, 0.29) is 16.4 Å². The maximum absolute atomic E-state index is 11.5. The van der Waals surface area contributed by atoms with E-state index in [2.05, 4.69) is 20.1 Å². The van der Waals surface area contributed by atoms with Gasteiger partial charge in [0.05, 0.1) is 11.1 Å². The van der Waals surface area contributed by atoms with Gasteiger partial charge in [0.25, 0.3) is 0 Å². The minimum Gasteiger partial charge on any atom is -0.383 e. The first-order chi connectivity index (χ1) is 7.29. The summed E-state index contributed by atoms with van der Waals surface area (Å²) in [6.45, 7) is 1.73. The first-order valence-electron chi connectivity index (χ1n) is 4.47. The quantitative estimate of drug-likeness (QED) is 0.485. The number of rotatable bonds is 4. The van der Waals surface area contributed by atoms with E-state index in [1.807, 2.05) is 0 Å². The number of alkyl halides is 1. The molecule has 1 aromatic rings. The number of carbonyl (C=O) groups is 1. The predicted molar refractivity (Wildman–Crippen MR) is 64.6 cm³/mol. The van der Waals surface area contributed by atoms with Crippen LogP contribution in [0.3, 0.4) is 0 Å². The second-order valence-corrected chi connectivity index (χ2v) is 6.24. The summed E-state index contributed by atoms with van der Waals surface area (Å²) in [5.41, 5.74) is 0.505. The van der Waals surface area contributed by atoms with E-state index in [0.717, 1.165) is 6.26 Å². The van der Waals surface area contributed by atoms with Gasteiger partial charge in [-0.05, 0) is 31.2 Å². The lowest BCUT2D eigenvalue weighted by Crippen LogP contribution is -2.10. The summed E-state index contributed by atoms with van der Waals surface area (Å²) in [4.78, 5) is 11.3. The fraction of sp³-hybridized carbons (Fsp3) is 0.300. The van der Waals surface area contributed by atoms with Crippen LogP contribution in [0.2, 0.25) is 0 Å². The Kier molecular flexibility index (Phi) is 4.09. The van der Waals surface area contributed by atoms with Crippen molar-refractivity contribution in [1.29, 1.82) is 0 Å². The van der Waals surface area contributed by atoms with Gasteiger partial charge in [0.2, 0.25) is 0 Å². The Morgan fingerprint density at radius 2 is 1.81 bits per heavy atom. The van der Waals surface area contributed by atoms with E-state index in [4.69, 9.17) is 0 Å². The van der Waals surface area contributed by atoms with Gasteiger partial charge >= 0.3 is 10.1 Å². The van der Waals surface area contributed by atoms with Crippen LogP contribution in [-0.4, -0.2) is 25.3 Å². The van der Waals surface area contributed by atoms with Gasteiger partial charge in [0, 0.05) is 5.56 Å². The average molecular weight is 307 g/mol. The second kappa shape index (κ2) is 4.97. The molecule has 0 saturated carbocycles. The highest BCUT2D eigenvalue weighted by Crippen LogP contribution is 2.16. The van der Waals surface area contributed by atoms with Gasteiger partial charge in [-0.3, -0.25) is 4.79 Å². The topological polar surface area (TPSA) is 60.4 Å². The van der Waals surface area contributed by atoms with Gasteiger partial charge in [-0.1, -0.05) is 15.9 Å². The molecule has 0 saturated heterocycles. The van der Waals surface area contributed by atoms with Crippen molar-refractivity contribution < 1.29 is 17.4 Å². The zero-order chi connectivity index (χ0) is 12.3. The first-order valence-corrected chi connectivity index (χ1v) is 7.20. The zero-order valence-corrected chi connectivity index (χ0v) is 11.2. The van der Waals surface area contributed by atoms with E-state index >= 15 is 0 Å². The largest absolute Gasteiger partial charge is 0.383 e. The third kappa shape index (κ3) is 3.94. The first kappa shape index (κ1) is 13.2. The number of hydrogen-bond acceptors (Lipinski definition) is 4. The monoisotopic (exact) mass is 306 g/mol. The van der Waals surface area contributed by atoms with Gasteiger partial charge in [0.1, 0.15) is 5.75 Å². The van der Waals surface area contributed by atoms with Crippen LogP contribution < -0.4 is 4.18 Å². The van der Waals surface area contributed by atoms with E-state index in [0.29, 0.717) is 5.56 Å². The summed E-state index contributed by atoms with van der Waals surface area (Å²) in [5.74, 6) is 0.132. The highest BCUT2D eigenvalue weighted by atomic mass is 79.9. The van der Waals surface area contributed by atoms with E-state index < -0.39 is 10.1 Å². The van der Waals surface area contributed by atoms with Crippen molar-refractivity contribution in [3.8, 4) is 5.75 Å². The fourth-order valence-electron chi connectivity index (χ4n) is 1.08. The molecule has 6 heteroatoms. The molecule has 0 amide bonds. The van der Waals surface area contributed by atoms with Crippen LogP contribution in [0.1, 0.15) is 17.3 Å². The summed E-state index contributed by atoms with van der Waals surface area (Å²) < 4.78 is 26.3. The lowest BCUT2D eigenvalue weighted by atomic mass is 10.1. The SMILES string of the molecule is CC(Br)C(=O)c1ccc(OS(C)(=O)=O)cc1. The van der Waals surface area contributed by atoms with Crippen molar-refractivity contribution in [2.45, 2.75) is 11.8 Å². The van der Waals surface area contributed by atoms with Crippen molar-refractivity contribution in [2.24, 2.45) is 0 Å². The van der Waals surface area contributed by atoms with E-state index in [9.17, 15) is 13.2 Å². The minimum atomic E-state index is -3.52. The van der Waals surface area contributed by atoms with Crippen LogP contribution in [0, 0.1) is 0 Å². The molecule has 0 aromatic heterocycles. The highest BCUT2D eigenvalue weighted by Gasteiger charge is 2.12. The van der Waals surface area contributed by atoms with Crippen molar-refractivity contribution in [3.63, 3.8) is 0 Å². The number of hydrogen-bond donors (Lipinski definition) is 0. The maximum Gasteiger partial charge on any atom is 0.306 e. The van der Waals surface area contributed by atoms with Crippen molar-refractivity contribution >= 4 is 31.8 Å². The number of ketones is 1. The minimum absolute atomic E-state index is 0.0640. The van der Waals surface area contributed by atoms with E-state index in [1.165, 1.54) is 24.3 Å². The summed E-state index contributed by atoms with van der Waals surface area (Å²) in [6, 6.07) is 5.95. The van der Waals surface area contributed by atoms with Crippen molar-refractivity contribution in [3.05, 3.63) is 29.8 Å². The molecule has 1 rings (SSSR count). The molecule has 0 bridgehead atoms. The molecule has 4 nitrogen and oxygen atoms in total. The summed E-state index contributed by atoms with van der Waals surface area (Å²) in [7, 11) is -3.52. The summed E-state index contributed by atoms with van der Waals surface area (Å²) >= 11 is 3.17. The lowest BCUT2D eigenvalue weighted by molar-refractivity contribution is 0.0996. The van der Waals surface area contributed by atoms with Gasteiger partial charge < -0.3 is 4.18 Å². The van der Waals surface area contributed by atoms with Crippen LogP contribution >= 0.6 is 15.9 Å². The molecule has 0 heterocycles. The number of carbonyl (C=O) groups excluding carboxylic acids is 1. The smallest absolute Gasteiger partial charge is 0.306 e. The summed E-state index contributed by atoms with van der Waals surface area (Å²) in [5, 5.41) is 0. The lowest BCUT2D eigenvalue weighted by Gasteiger charge is -2.05. The molecule has 0 fully saturated rings.